The van der Waals surface area contributed by atoms with E-state index >= 15 is 0 Å². The second-order valence-corrected chi connectivity index (χ2v) is 5.14. The van der Waals surface area contributed by atoms with Crippen molar-refractivity contribution >= 4 is 11.0 Å². The fraction of sp³-hybridized carbons (Fsp3) is 0.211. The molecule has 0 aliphatic carbocycles. The highest BCUT2D eigenvalue weighted by molar-refractivity contribution is 5.86. The predicted molar refractivity (Wildman–Crippen MR) is 92.2 cm³/mol. The van der Waals surface area contributed by atoms with Crippen LogP contribution in [0.3, 0.4) is 0 Å². The van der Waals surface area contributed by atoms with Crippen molar-refractivity contribution in [2.45, 2.75) is 6.92 Å². The lowest BCUT2D eigenvalue weighted by atomic mass is 10.1. The summed E-state index contributed by atoms with van der Waals surface area (Å²) in [7, 11) is 3.06. The Balaban J connectivity index is 2.14. The van der Waals surface area contributed by atoms with Gasteiger partial charge in [0.05, 0.1) is 20.8 Å². The van der Waals surface area contributed by atoms with E-state index in [2.05, 4.69) is 0 Å². The van der Waals surface area contributed by atoms with E-state index in [1.165, 1.54) is 13.2 Å². The van der Waals surface area contributed by atoms with Crippen LogP contribution in [0.25, 0.3) is 22.3 Å². The van der Waals surface area contributed by atoms with Gasteiger partial charge >= 0.3 is 0 Å². The van der Waals surface area contributed by atoms with Gasteiger partial charge in [0.1, 0.15) is 34.0 Å². The Morgan fingerprint density at radius 3 is 2.33 bits per heavy atom. The van der Waals surface area contributed by atoms with Crippen LogP contribution in [0.1, 0.15) is 6.92 Å². The minimum absolute atomic E-state index is 0.167. The number of ether oxygens (including phenoxy) is 3. The number of benzene rings is 2. The van der Waals surface area contributed by atoms with Gasteiger partial charge in [0.2, 0.25) is 0 Å². The molecule has 3 aromatic rings. The third-order valence-corrected chi connectivity index (χ3v) is 3.67. The minimum atomic E-state index is -0.167. The molecular weight excluding hydrogens is 308 g/mol. The van der Waals surface area contributed by atoms with Crippen molar-refractivity contribution in [2.24, 2.45) is 0 Å². The van der Waals surface area contributed by atoms with Crippen LogP contribution < -0.4 is 19.6 Å². The van der Waals surface area contributed by atoms with Crippen LogP contribution in [0.4, 0.5) is 0 Å². The van der Waals surface area contributed by atoms with Crippen molar-refractivity contribution in [3.8, 4) is 28.6 Å². The van der Waals surface area contributed by atoms with E-state index in [9.17, 15) is 4.79 Å². The second-order valence-electron chi connectivity index (χ2n) is 5.14. The highest BCUT2D eigenvalue weighted by atomic mass is 16.5. The Bertz CT molecular complexity index is 909. The maximum atomic E-state index is 12.5. The van der Waals surface area contributed by atoms with Gasteiger partial charge in [-0.25, -0.2) is 0 Å². The molecular formula is C19H18O5. The van der Waals surface area contributed by atoms with Crippen LogP contribution in [0.2, 0.25) is 0 Å². The highest BCUT2D eigenvalue weighted by Gasteiger charge is 2.13. The normalized spacial score (nSPS) is 10.6. The van der Waals surface area contributed by atoms with Gasteiger partial charge in [0, 0.05) is 23.8 Å². The lowest BCUT2D eigenvalue weighted by molar-refractivity contribution is 0.340. The fourth-order valence-electron chi connectivity index (χ4n) is 2.53. The van der Waals surface area contributed by atoms with Gasteiger partial charge in [-0.05, 0) is 31.2 Å². The molecule has 0 N–H and O–H groups in total. The third-order valence-electron chi connectivity index (χ3n) is 3.67. The zero-order valence-corrected chi connectivity index (χ0v) is 13.8. The topological polar surface area (TPSA) is 57.9 Å². The van der Waals surface area contributed by atoms with Crippen LogP contribution in [0, 0.1) is 0 Å². The molecule has 0 saturated heterocycles. The van der Waals surface area contributed by atoms with Crippen molar-refractivity contribution in [3.05, 3.63) is 52.7 Å². The smallest absolute Gasteiger partial charge is 0.197 e. The van der Waals surface area contributed by atoms with Gasteiger partial charge in [0.25, 0.3) is 0 Å². The molecule has 5 heteroatoms. The Labute approximate surface area is 139 Å². The molecule has 0 radical (unpaired) electrons. The van der Waals surface area contributed by atoms with Gasteiger partial charge in [-0.2, -0.15) is 0 Å². The zero-order chi connectivity index (χ0) is 17.1. The Morgan fingerprint density at radius 1 is 0.958 bits per heavy atom. The number of fused-ring (bicyclic) bond motifs is 1. The zero-order valence-electron chi connectivity index (χ0n) is 13.8. The molecule has 3 rings (SSSR count). The standard InChI is InChI=1S/C19H18O5/c1-4-23-13-7-5-12(6-8-13)16-11-15(20)19-17(22-3)9-14(21-2)10-18(19)24-16/h5-11H,4H2,1-3H3. The summed E-state index contributed by atoms with van der Waals surface area (Å²) < 4.78 is 21.9. The van der Waals surface area contributed by atoms with E-state index in [1.54, 1.807) is 19.2 Å². The van der Waals surface area contributed by atoms with Gasteiger partial charge in [-0.1, -0.05) is 0 Å². The quantitative estimate of drug-likeness (QED) is 0.712. The molecule has 0 spiro atoms. The molecule has 0 fully saturated rings. The number of hydrogen-bond acceptors (Lipinski definition) is 5. The van der Waals surface area contributed by atoms with Crippen LogP contribution >= 0.6 is 0 Å². The molecule has 124 valence electrons. The molecule has 0 saturated carbocycles. The van der Waals surface area contributed by atoms with E-state index < -0.39 is 0 Å². The second kappa shape index (κ2) is 6.66. The van der Waals surface area contributed by atoms with Crippen molar-refractivity contribution < 1.29 is 18.6 Å². The lowest BCUT2D eigenvalue weighted by Crippen LogP contribution is -2.03. The average molecular weight is 326 g/mol. The summed E-state index contributed by atoms with van der Waals surface area (Å²) in [5, 5.41) is 0.396. The Morgan fingerprint density at radius 2 is 1.71 bits per heavy atom. The largest absolute Gasteiger partial charge is 0.496 e. The molecule has 24 heavy (non-hydrogen) atoms. The van der Waals surface area contributed by atoms with Crippen LogP contribution in [-0.2, 0) is 0 Å². The summed E-state index contributed by atoms with van der Waals surface area (Å²) in [6.45, 7) is 2.53. The molecule has 0 aliphatic heterocycles. The molecule has 1 heterocycles. The SMILES string of the molecule is CCOc1ccc(-c2cc(=O)c3c(OC)cc(OC)cc3o2)cc1. The summed E-state index contributed by atoms with van der Waals surface area (Å²) in [4.78, 5) is 12.5. The molecule has 1 aromatic heterocycles. The van der Waals surface area contributed by atoms with E-state index in [-0.39, 0.29) is 5.43 Å². The molecule has 0 bridgehead atoms. The third kappa shape index (κ3) is 2.93. The first-order valence-electron chi connectivity index (χ1n) is 7.59. The van der Waals surface area contributed by atoms with Crippen molar-refractivity contribution in [3.63, 3.8) is 0 Å². The maximum Gasteiger partial charge on any atom is 0.197 e. The number of rotatable bonds is 5. The molecule has 0 atom stereocenters. The van der Waals surface area contributed by atoms with Crippen molar-refractivity contribution in [1.29, 1.82) is 0 Å². The molecule has 5 nitrogen and oxygen atoms in total. The van der Waals surface area contributed by atoms with Crippen LogP contribution in [0.5, 0.6) is 17.2 Å². The van der Waals surface area contributed by atoms with E-state index in [0.29, 0.717) is 34.8 Å². The fourth-order valence-corrected chi connectivity index (χ4v) is 2.53. The Hall–Kier alpha value is -2.95. The monoisotopic (exact) mass is 326 g/mol. The van der Waals surface area contributed by atoms with E-state index in [0.717, 1.165) is 11.3 Å². The maximum absolute atomic E-state index is 12.5. The highest BCUT2D eigenvalue weighted by Crippen LogP contribution is 2.32. The van der Waals surface area contributed by atoms with Gasteiger partial charge in [-0.15, -0.1) is 0 Å². The van der Waals surface area contributed by atoms with Gasteiger partial charge in [-0.3, -0.25) is 4.79 Å². The summed E-state index contributed by atoms with van der Waals surface area (Å²) in [5.74, 6) is 2.24. The van der Waals surface area contributed by atoms with Crippen LogP contribution in [-0.4, -0.2) is 20.8 Å². The molecule has 2 aromatic carbocycles. The van der Waals surface area contributed by atoms with Gasteiger partial charge < -0.3 is 18.6 Å². The minimum Gasteiger partial charge on any atom is -0.496 e. The summed E-state index contributed by atoms with van der Waals surface area (Å²) >= 11 is 0. The summed E-state index contributed by atoms with van der Waals surface area (Å²) in [6, 6.07) is 12.2. The van der Waals surface area contributed by atoms with Crippen molar-refractivity contribution in [2.75, 3.05) is 20.8 Å². The Kier molecular flexibility index (Phi) is 4.42. The molecule has 0 aliphatic rings. The van der Waals surface area contributed by atoms with E-state index in [1.807, 2.05) is 31.2 Å². The first kappa shape index (κ1) is 15.9. The number of hydrogen-bond donors (Lipinski definition) is 0. The summed E-state index contributed by atoms with van der Waals surface area (Å²) in [5.41, 5.74) is 1.04. The van der Waals surface area contributed by atoms with Crippen LogP contribution in [0.15, 0.2) is 51.7 Å². The number of methoxy groups -OCH3 is 2. The first-order valence-corrected chi connectivity index (χ1v) is 7.59. The first-order chi connectivity index (χ1) is 11.7. The predicted octanol–water partition coefficient (Wildman–Crippen LogP) is 3.88. The van der Waals surface area contributed by atoms with Gasteiger partial charge in [0.15, 0.2) is 5.43 Å². The molecule has 0 unspecified atom stereocenters. The van der Waals surface area contributed by atoms with E-state index in [4.69, 9.17) is 18.6 Å². The summed E-state index contributed by atoms with van der Waals surface area (Å²) in [6.07, 6.45) is 0. The van der Waals surface area contributed by atoms with Crippen molar-refractivity contribution in [1.82, 2.24) is 0 Å². The average Bonchev–Trinajstić information content (AvgIpc) is 2.61. The molecule has 0 amide bonds. The lowest BCUT2D eigenvalue weighted by Gasteiger charge is -2.09.